The average molecular weight is 156 g/mol. The van der Waals surface area contributed by atoms with Gasteiger partial charge in [-0.05, 0) is 6.42 Å². The van der Waals surface area contributed by atoms with Gasteiger partial charge in [0.2, 0.25) is 5.95 Å². The molecule has 11 heavy (non-hydrogen) atoms. The molecule has 0 aliphatic heterocycles. The van der Waals surface area contributed by atoms with Crippen molar-refractivity contribution in [1.29, 1.82) is 0 Å². The molecule has 0 aliphatic rings. The minimum absolute atomic E-state index is 0.184. The van der Waals surface area contributed by atoms with Crippen LogP contribution in [0.2, 0.25) is 0 Å². The van der Waals surface area contributed by atoms with Gasteiger partial charge in [-0.3, -0.25) is 0 Å². The second-order valence-corrected chi connectivity index (χ2v) is 2.30. The zero-order valence-corrected chi connectivity index (χ0v) is 6.36. The number of rotatable bonds is 2. The third-order valence-corrected chi connectivity index (χ3v) is 1.52. The van der Waals surface area contributed by atoms with Gasteiger partial charge >= 0.3 is 0 Å². The summed E-state index contributed by atoms with van der Waals surface area (Å²) in [5, 5.41) is 7.29. The number of nitrogen functional groups attached to an aromatic ring is 2. The Morgan fingerprint density at radius 1 is 1.55 bits per heavy atom. The summed E-state index contributed by atoms with van der Waals surface area (Å²) in [5.41, 5.74) is 11.0. The van der Waals surface area contributed by atoms with Gasteiger partial charge in [0.05, 0.1) is 6.04 Å². The quantitative estimate of drug-likeness (QED) is 0.475. The predicted molar refractivity (Wildman–Crippen MR) is 41.8 cm³/mol. The monoisotopic (exact) mass is 156 g/mol. The first kappa shape index (κ1) is 7.80. The van der Waals surface area contributed by atoms with E-state index in [0.29, 0.717) is 5.82 Å². The third-order valence-electron chi connectivity index (χ3n) is 1.52. The molecule has 6 heteroatoms. The maximum Gasteiger partial charge on any atom is 0.240 e. The minimum Gasteiger partial charge on any atom is -0.366 e. The lowest BCUT2D eigenvalue weighted by molar-refractivity contribution is 0.627. The van der Waals surface area contributed by atoms with Gasteiger partial charge in [0.25, 0.3) is 0 Å². The molecule has 6 nitrogen and oxygen atoms in total. The van der Waals surface area contributed by atoms with Gasteiger partial charge in [0.1, 0.15) is 0 Å². The van der Waals surface area contributed by atoms with Crippen LogP contribution in [0, 0.1) is 0 Å². The van der Waals surface area contributed by atoms with Crippen molar-refractivity contribution in [2.24, 2.45) is 5.73 Å². The standard InChI is InChI=1S/C5H12N6/c1-2-3(6)4-9-10-5(7)11(4)8/h3H,2,6,8H2,1H3,(H2,7,10)/t3-/m1/s1. The summed E-state index contributed by atoms with van der Waals surface area (Å²) >= 11 is 0. The molecule has 0 aliphatic carbocycles. The van der Waals surface area contributed by atoms with E-state index in [9.17, 15) is 0 Å². The number of nitrogens with two attached hydrogens (primary N) is 3. The second-order valence-electron chi connectivity index (χ2n) is 2.30. The van der Waals surface area contributed by atoms with E-state index in [1.165, 1.54) is 4.68 Å². The molecule has 0 spiro atoms. The van der Waals surface area contributed by atoms with Crippen LogP contribution in [0.1, 0.15) is 25.2 Å². The summed E-state index contributed by atoms with van der Waals surface area (Å²) in [6.45, 7) is 1.94. The molecule has 0 saturated heterocycles. The maximum atomic E-state index is 5.65. The molecule has 0 fully saturated rings. The van der Waals surface area contributed by atoms with Gasteiger partial charge in [-0.15, -0.1) is 10.2 Å². The van der Waals surface area contributed by atoms with Crippen LogP contribution >= 0.6 is 0 Å². The largest absolute Gasteiger partial charge is 0.366 e. The van der Waals surface area contributed by atoms with Crippen molar-refractivity contribution in [2.45, 2.75) is 19.4 Å². The summed E-state index contributed by atoms with van der Waals surface area (Å²) < 4.78 is 1.20. The lowest BCUT2D eigenvalue weighted by Gasteiger charge is -2.06. The number of hydrogen-bond donors (Lipinski definition) is 3. The zero-order valence-electron chi connectivity index (χ0n) is 6.36. The first-order chi connectivity index (χ1) is 5.16. The molecule has 62 valence electrons. The van der Waals surface area contributed by atoms with Crippen LogP contribution in [0.4, 0.5) is 5.95 Å². The van der Waals surface area contributed by atoms with Gasteiger partial charge in [-0.1, -0.05) is 6.92 Å². The molecule has 6 N–H and O–H groups in total. The molecular weight excluding hydrogens is 144 g/mol. The Bertz CT molecular complexity index is 241. The first-order valence-electron chi connectivity index (χ1n) is 3.38. The van der Waals surface area contributed by atoms with Crippen LogP contribution in [-0.4, -0.2) is 14.9 Å². The van der Waals surface area contributed by atoms with Gasteiger partial charge in [0.15, 0.2) is 5.82 Å². The summed E-state index contributed by atoms with van der Waals surface area (Å²) in [6, 6.07) is -0.190. The molecule has 0 amide bonds. The van der Waals surface area contributed by atoms with E-state index in [4.69, 9.17) is 17.3 Å². The molecule has 0 radical (unpaired) electrons. The second kappa shape index (κ2) is 2.75. The molecule has 1 heterocycles. The number of nitrogens with zero attached hydrogens (tertiary/aromatic N) is 3. The smallest absolute Gasteiger partial charge is 0.240 e. The zero-order chi connectivity index (χ0) is 8.43. The summed E-state index contributed by atoms with van der Waals surface area (Å²) in [7, 11) is 0. The number of aromatic nitrogens is 3. The van der Waals surface area contributed by atoms with Crippen molar-refractivity contribution >= 4 is 5.95 Å². The third kappa shape index (κ3) is 1.25. The lowest BCUT2D eigenvalue weighted by Crippen LogP contribution is -2.21. The van der Waals surface area contributed by atoms with Crippen LogP contribution < -0.4 is 17.3 Å². The van der Waals surface area contributed by atoms with Crippen molar-refractivity contribution in [3.8, 4) is 0 Å². The van der Waals surface area contributed by atoms with E-state index in [0.717, 1.165) is 6.42 Å². The Hall–Kier alpha value is -1.30. The number of hydrogen-bond acceptors (Lipinski definition) is 5. The van der Waals surface area contributed by atoms with Crippen molar-refractivity contribution in [3.05, 3.63) is 5.82 Å². The van der Waals surface area contributed by atoms with Gasteiger partial charge in [-0.25, -0.2) is 4.68 Å². The first-order valence-corrected chi connectivity index (χ1v) is 3.38. The Morgan fingerprint density at radius 3 is 2.55 bits per heavy atom. The number of anilines is 1. The molecule has 0 bridgehead atoms. The molecular formula is C5H12N6. The van der Waals surface area contributed by atoms with Crippen LogP contribution in [0.25, 0.3) is 0 Å². The van der Waals surface area contributed by atoms with E-state index in [-0.39, 0.29) is 12.0 Å². The van der Waals surface area contributed by atoms with Crippen LogP contribution in [0.3, 0.4) is 0 Å². The molecule has 0 saturated carbocycles. The van der Waals surface area contributed by atoms with Crippen LogP contribution in [0.5, 0.6) is 0 Å². The molecule has 0 aromatic carbocycles. The van der Waals surface area contributed by atoms with Gasteiger partial charge in [-0.2, -0.15) is 0 Å². The SMILES string of the molecule is CC[C@@H](N)c1nnc(N)n1N. The van der Waals surface area contributed by atoms with Crippen molar-refractivity contribution < 1.29 is 0 Å². The molecule has 1 rings (SSSR count). The summed E-state index contributed by atoms with van der Waals surface area (Å²) in [6.07, 6.45) is 0.759. The van der Waals surface area contributed by atoms with E-state index in [2.05, 4.69) is 10.2 Å². The molecule has 0 unspecified atom stereocenters. The van der Waals surface area contributed by atoms with Crippen molar-refractivity contribution in [1.82, 2.24) is 14.9 Å². The van der Waals surface area contributed by atoms with Gasteiger partial charge < -0.3 is 17.3 Å². The van der Waals surface area contributed by atoms with Crippen molar-refractivity contribution in [2.75, 3.05) is 11.6 Å². The Balaban J connectivity index is 2.94. The minimum atomic E-state index is -0.190. The fraction of sp³-hybridized carbons (Fsp3) is 0.600. The molecule has 1 aromatic heterocycles. The van der Waals surface area contributed by atoms with E-state index in [1.807, 2.05) is 6.92 Å². The normalized spacial score (nSPS) is 13.3. The summed E-state index contributed by atoms with van der Waals surface area (Å²) in [4.78, 5) is 0. The lowest BCUT2D eigenvalue weighted by atomic mass is 10.2. The Morgan fingerprint density at radius 2 is 2.18 bits per heavy atom. The topological polar surface area (TPSA) is 109 Å². The fourth-order valence-corrected chi connectivity index (χ4v) is 0.752. The average Bonchev–Trinajstić information content (AvgIpc) is 2.32. The Kier molecular flexibility index (Phi) is 1.95. The summed E-state index contributed by atoms with van der Waals surface area (Å²) in [5.74, 6) is 6.17. The van der Waals surface area contributed by atoms with E-state index < -0.39 is 0 Å². The maximum absolute atomic E-state index is 5.65. The fourth-order valence-electron chi connectivity index (χ4n) is 0.752. The van der Waals surface area contributed by atoms with Crippen LogP contribution in [0.15, 0.2) is 0 Å². The highest BCUT2D eigenvalue weighted by Crippen LogP contribution is 2.09. The molecule has 1 aromatic rings. The van der Waals surface area contributed by atoms with Crippen molar-refractivity contribution in [3.63, 3.8) is 0 Å². The molecule has 1 atom stereocenters. The van der Waals surface area contributed by atoms with E-state index >= 15 is 0 Å². The van der Waals surface area contributed by atoms with E-state index in [1.54, 1.807) is 0 Å². The highest BCUT2D eigenvalue weighted by Gasteiger charge is 2.12. The highest BCUT2D eigenvalue weighted by atomic mass is 15.4. The Labute approximate surface area is 64.3 Å². The van der Waals surface area contributed by atoms with Gasteiger partial charge in [0, 0.05) is 0 Å². The highest BCUT2D eigenvalue weighted by molar-refractivity contribution is 5.18. The predicted octanol–water partition coefficient (Wildman–Crippen LogP) is -1.02. The van der Waals surface area contributed by atoms with Crippen LogP contribution in [-0.2, 0) is 0 Å².